The normalized spacial score (nSPS) is 20.5. The highest BCUT2D eigenvalue weighted by Crippen LogP contribution is 2.41. The fourth-order valence-corrected chi connectivity index (χ4v) is 5.55. The second-order valence-electron chi connectivity index (χ2n) is 10.1. The van der Waals surface area contributed by atoms with Gasteiger partial charge in [0.25, 0.3) is 0 Å². The van der Waals surface area contributed by atoms with Gasteiger partial charge in [0.1, 0.15) is 23.2 Å². The molecule has 2 aliphatic heterocycles. The van der Waals surface area contributed by atoms with Crippen LogP contribution in [0, 0.1) is 23.1 Å². The first kappa shape index (κ1) is 26.6. The van der Waals surface area contributed by atoms with Crippen molar-refractivity contribution in [3.8, 4) is 6.07 Å². The molecule has 1 aromatic carbocycles. The van der Waals surface area contributed by atoms with Crippen molar-refractivity contribution in [2.24, 2.45) is 11.7 Å². The Hall–Kier alpha value is -3.99. The summed E-state index contributed by atoms with van der Waals surface area (Å²) in [5.74, 6) is -1.38. The number of benzene rings is 1. The summed E-state index contributed by atoms with van der Waals surface area (Å²) < 4.78 is 58.5. The molecule has 39 heavy (non-hydrogen) atoms. The summed E-state index contributed by atoms with van der Waals surface area (Å²) in [4.78, 5) is 28.7. The lowest BCUT2D eigenvalue weighted by Gasteiger charge is -2.36. The number of piperidine rings is 1. The maximum atomic E-state index is 14.7. The Kier molecular flexibility index (Phi) is 6.79. The van der Waals surface area contributed by atoms with Crippen LogP contribution in [0.3, 0.4) is 0 Å². The fourth-order valence-electron chi connectivity index (χ4n) is 5.55. The molecule has 0 saturated carbocycles. The molecule has 14 heteroatoms. The van der Waals surface area contributed by atoms with Crippen molar-refractivity contribution in [1.29, 1.82) is 5.26 Å². The van der Waals surface area contributed by atoms with E-state index < -0.39 is 29.6 Å². The van der Waals surface area contributed by atoms with Gasteiger partial charge in [-0.15, -0.1) is 0 Å². The molecule has 5 rings (SSSR count). The molecular formula is C25H27F4N9O. The van der Waals surface area contributed by atoms with E-state index in [9.17, 15) is 22.4 Å². The maximum Gasteiger partial charge on any atom is 0.419 e. The molecule has 0 bridgehead atoms. The molecule has 2 aromatic heterocycles. The third kappa shape index (κ3) is 4.94. The van der Waals surface area contributed by atoms with Crippen LogP contribution in [0.15, 0.2) is 24.8 Å². The number of nitriles is 1. The van der Waals surface area contributed by atoms with E-state index in [1.54, 1.807) is 9.80 Å². The Labute approximate surface area is 221 Å². The number of carbonyl (C=O) groups excluding carboxylic acids is 1. The van der Waals surface area contributed by atoms with E-state index in [2.05, 4.69) is 21.0 Å². The minimum atomic E-state index is -4.98. The number of hydrogen-bond acceptors (Lipinski definition) is 8. The number of hydrogen-bond donors (Lipinski definition) is 2. The van der Waals surface area contributed by atoms with E-state index in [4.69, 9.17) is 16.7 Å². The van der Waals surface area contributed by atoms with Crippen molar-refractivity contribution >= 4 is 28.6 Å². The van der Waals surface area contributed by atoms with Crippen LogP contribution in [0.5, 0.6) is 0 Å². The number of rotatable bonds is 5. The molecule has 4 N–H and O–H groups in total. The quantitative estimate of drug-likeness (QED) is 0.466. The van der Waals surface area contributed by atoms with Gasteiger partial charge in [-0.25, -0.2) is 19.3 Å². The van der Waals surface area contributed by atoms with Crippen LogP contribution in [0.2, 0.25) is 0 Å². The van der Waals surface area contributed by atoms with Crippen molar-refractivity contribution in [3.63, 3.8) is 0 Å². The highest BCUT2D eigenvalue weighted by Gasteiger charge is 2.46. The smallest absolute Gasteiger partial charge is 0.382 e. The van der Waals surface area contributed by atoms with Crippen LogP contribution in [0.25, 0.3) is 11.2 Å². The number of amides is 1. The molecule has 0 radical (unpaired) electrons. The number of aromatic nitrogens is 4. The summed E-state index contributed by atoms with van der Waals surface area (Å²) >= 11 is 0. The number of fused-ring (bicyclic) bond motifs is 1. The fraction of sp³-hybridized carbons (Fsp3) is 0.480. The minimum Gasteiger partial charge on any atom is -0.382 e. The van der Waals surface area contributed by atoms with E-state index in [1.807, 2.05) is 0 Å². The van der Waals surface area contributed by atoms with Gasteiger partial charge < -0.3 is 25.8 Å². The Morgan fingerprint density at radius 1 is 1.18 bits per heavy atom. The number of alkyl halides is 3. The summed E-state index contributed by atoms with van der Waals surface area (Å²) in [6.07, 6.45) is -0.482. The zero-order chi connectivity index (χ0) is 27.9. The van der Waals surface area contributed by atoms with E-state index in [1.165, 1.54) is 23.3 Å². The van der Waals surface area contributed by atoms with Gasteiger partial charge in [-0.05, 0) is 37.3 Å². The van der Waals surface area contributed by atoms with Gasteiger partial charge >= 0.3 is 6.18 Å². The lowest BCUT2D eigenvalue weighted by atomic mass is 9.91. The maximum absolute atomic E-state index is 14.7. The number of anilines is 2. The summed E-state index contributed by atoms with van der Waals surface area (Å²) in [5, 5.41) is 8.93. The van der Waals surface area contributed by atoms with E-state index in [0.29, 0.717) is 32.4 Å². The number of nitrogen functional groups attached to an aromatic ring is 1. The first-order chi connectivity index (χ1) is 18.5. The van der Waals surface area contributed by atoms with E-state index in [-0.39, 0.29) is 59.6 Å². The van der Waals surface area contributed by atoms with Crippen molar-refractivity contribution in [1.82, 2.24) is 24.4 Å². The van der Waals surface area contributed by atoms with E-state index >= 15 is 0 Å². The first-order valence-electron chi connectivity index (χ1n) is 12.5. The minimum absolute atomic E-state index is 0.0281. The van der Waals surface area contributed by atoms with Crippen LogP contribution in [0.1, 0.15) is 36.8 Å². The van der Waals surface area contributed by atoms with E-state index in [0.717, 1.165) is 6.07 Å². The van der Waals surface area contributed by atoms with Crippen molar-refractivity contribution in [2.45, 2.75) is 43.9 Å². The number of nitrogens with zero attached hydrogens (tertiary/aromatic N) is 7. The number of nitrogens with two attached hydrogens (primary N) is 2. The molecule has 2 fully saturated rings. The average molecular weight is 546 g/mol. The number of carbonyl (C=O) groups is 1. The van der Waals surface area contributed by atoms with Crippen LogP contribution >= 0.6 is 0 Å². The molecule has 4 heterocycles. The molecule has 1 atom stereocenters. The predicted octanol–water partition coefficient (Wildman–Crippen LogP) is 2.67. The van der Waals surface area contributed by atoms with Crippen LogP contribution in [0.4, 0.5) is 29.1 Å². The summed E-state index contributed by atoms with van der Waals surface area (Å²) in [6.45, 7) is 0.734. The molecule has 1 amide bonds. The molecule has 2 saturated heterocycles. The zero-order valence-electron chi connectivity index (χ0n) is 21.0. The molecule has 2 aliphatic rings. The molecule has 10 nitrogen and oxygen atoms in total. The second kappa shape index (κ2) is 9.96. The summed E-state index contributed by atoms with van der Waals surface area (Å²) in [7, 11) is 0. The SMILES string of the molecule is N#CCC1CCN(C(=O)[C@@]2(N)CCN(c3ccc(F)c(C(F)(F)F)c3Cn3cnc4c(N)ncnc43)C2)CC1. The number of halogens is 4. The molecule has 3 aromatic rings. The molecule has 0 spiro atoms. The third-order valence-corrected chi connectivity index (χ3v) is 7.63. The lowest BCUT2D eigenvalue weighted by molar-refractivity contribution is -0.140. The van der Waals surface area contributed by atoms with Crippen LogP contribution < -0.4 is 16.4 Å². The summed E-state index contributed by atoms with van der Waals surface area (Å²) in [6, 6.07) is 4.23. The van der Waals surface area contributed by atoms with Crippen molar-refractivity contribution in [2.75, 3.05) is 36.8 Å². The van der Waals surface area contributed by atoms with Crippen LogP contribution in [-0.4, -0.2) is 62.0 Å². The van der Waals surface area contributed by atoms with Crippen molar-refractivity contribution in [3.05, 3.63) is 41.7 Å². The van der Waals surface area contributed by atoms with Gasteiger partial charge in [0.15, 0.2) is 11.5 Å². The third-order valence-electron chi connectivity index (χ3n) is 7.63. The first-order valence-corrected chi connectivity index (χ1v) is 12.5. The highest BCUT2D eigenvalue weighted by atomic mass is 19.4. The zero-order valence-corrected chi connectivity index (χ0v) is 21.0. The molecule has 0 aliphatic carbocycles. The average Bonchev–Trinajstić information content (AvgIpc) is 3.49. The standard InChI is InChI=1S/C25H27F4N9O/c26-17-1-2-18(37-10-6-24(32,12-37)23(39)36-8-4-15(3-7-30)5-9-36)16(19(17)25(27,28)29)11-38-14-35-20-21(31)33-13-34-22(20)38/h1-2,13-15H,3-6,8-12,32H2,(H2,31,33,34)/t24-/m1/s1. The largest absolute Gasteiger partial charge is 0.419 e. The lowest BCUT2D eigenvalue weighted by Crippen LogP contribution is -2.58. The second-order valence-corrected chi connectivity index (χ2v) is 10.1. The summed E-state index contributed by atoms with van der Waals surface area (Å²) in [5.41, 5.74) is 9.89. The molecule has 0 unspecified atom stereocenters. The Bertz CT molecular complexity index is 1440. The Balaban J connectivity index is 1.46. The molecular weight excluding hydrogens is 518 g/mol. The Morgan fingerprint density at radius 3 is 2.62 bits per heavy atom. The monoisotopic (exact) mass is 545 g/mol. The van der Waals surface area contributed by atoms with Gasteiger partial charge in [-0.3, -0.25) is 4.79 Å². The van der Waals surface area contributed by atoms with Gasteiger partial charge in [0.05, 0.1) is 24.5 Å². The highest BCUT2D eigenvalue weighted by molar-refractivity contribution is 5.88. The van der Waals surface area contributed by atoms with Gasteiger partial charge in [-0.2, -0.15) is 18.4 Å². The van der Waals surface area contributed by atoms with Gasteiger partial charge in [-0.1, -0.05) is 0 Å². The predicted molar refractivity (Wildman–Crippen MR) is 134 cm³/mol. The Morgan fingerprint density at radius 2 is 1.92 bits per heavy atom. The van der Waals surface area contributed by atoms with Gasteiger partial charge in [0.2, 0.25) is 5.91 Å². The molecule has 206 valence electrons. The van der Waals surface area contributed by atoms with Crippen molar-refractivity contribution < 1.29 is 22.4 Å². The van der Waals surface area contributed by atoms with Gasteiger partial charge in [0, 0.05) is 43.9 Å². The van der Waals surface area contributed by atoms with Crippen LogP contribution in [-0.2, 0) is 17.5 Å². The number of likely N-dealkylation sites (tertiary alicyclic amines) is 1. The topological polar surface area (TPSA) is 143 Å². The number of imidazole rings is 1.